The number of rotatable bonds is 10. The average molecular weight is 293 g/mol. The van der Waals surface area contributed by atoms with Gasteiger partial charge < -0.3 is 4.90 Å². The van der Waals surface area contributed by atoms with E-state index in [9.17, 15) is 4.57 Å². The lowest BCUT2D eigenvalue weighted by Crippen LogP contribution is -2.32. The van der Waals surface area contributed by atoms with Crippen molar-refractivity contribution in [2.45, 2.75) is 46.0 Å². The minimum absolute atomic E-state index is 0.407. The summed E-state index contributed by atoms with van der Waals surface area (Å²) in [6.07, 6.45) is 5.41. The molecule has 5 nitrogen and oxygen atoms in total. The zero-order valence-corrected chi connectivity index (χ0v) is 13.2. The lowest BCUT2D eigenvalue weighted by atomic mass is 10.1. The van der Waals surface area contributed by atoms with Gasteiger partial charge in [-0.25, -0.2) is 4.57 Å². The molecule has 1 fully saturated rings. The largest absolute Gasteiger partial charge is 0.474 e. The second-order valence-electron chi connectivity index (χ2n) is 4.85. The van der Waals surface area contributed by atoms with Crippen molar-refractivity contribution in [3.8, 4) is 0 Å². The minimum atomic E-state index is -3.35. The molecule has 114 valence electrons. The van der Waals surface area contributed by atoms with Crippen molar-refractivity contribution in [3.05, 3.63) is 0 Å². The summed E-state index contributed by atoms with van der Waals surface area (Å²) in [5.74, 6) is 0. The van der Waals surface area contributed by atoms with E-state index >= 15 is 0 Å². The maximum Gasteiger partial charge on any atom is 0.474 e. The molecule has 1 aliphatic heterocycles. The Morgan fingerprint density at radius 1 is 0.895 bits per heavy atom. The number of phosphoric ester groups is 1. The summed E-state index contributed by atoms with van der Waals surface area (Å²) in [7, 11) is -3.35. The van der Waals surface area contributed by atoms with Gasteiger partial charge in [0.15, 0.2) is 0 Å². The smallest absolute Gasteiger partial charge is 0.301 e. The van der Waals surface area contributed by atoms with Crippen LogP contribution in [0.15, 0.2) is 0 Å². The summed E-state index contributed by atoms with van der Waals surface area (Å²) in [5, 5.41) is 0. The summed E-state index contributed by atoms with van der Waals surface area (Å²) in [5.41, 5.74) is 0. The van der Waals surface area contributed by atoms with E-state index in [-0.39, 0.29) is 0 Å². The normalized spacial score (nSPS) is 17.8. The van der Waals surface area contributed by atoms with Crippen LogP contribution < -0.4 is 0 Å². The number of hydrogen-bond donors (Lipinski definition) is 0. The summed E-state index contributed by atoms with van der Waals surface area (Å²) < 4.78 is 28.2. The van der Waals surface area contributed by atoms with E-state index < -0.39 is 7.82 Å². The molecule has 1 heterocycles. The molecule has 0 N–H and O–H groups in total. The van der Waals surface area contributed by atoms with Gasteiger partial charge in [-0.3, -0.25) is 13.6 Å². The van der Waals surface area contributed by atoms with Crippen LogP contribution >= 0.6 is 7.82 Å². The Morgan fingerprint density at radius 3 is 1.95 bits per heavy atom. The fourth-order valence-electron chi connectivity index (χ4n) is 1.98. The molecule has 0 spiro atoms. The third kappa shape index (κ3) is 7.42. The van der Waals surface area contributed by atoms with Crippen LogP contribution in [0.25, 0.3) is 0 Å². The molecule has 0 saturated carbocycles. The number of piperidine rings is 1. The van der Waals surface area contributed by atoms with Gasteiger partial charge in [0.25, 0.3) is 0 Å². The van der Waals surface area contributed by atoms with E-state index in [0.717, 1.165) is 32.5 Å². The molecule has 0 radical (unpaired) electrons. The molecule has 1 aliphatic rings. The van der Waals surface area contributed by atoms with Crippen LogP contribution in [0.1, 0.15) is 46.0 Å². The lowest BCUT2D eigenvalue weighted by Gasteiger charge is -2.26. The molecule has 0 aromatic carbocycles. The first-order valence-electron chi connectivity index (χ1n) is 7.46. The molecule has 19 heavy (non-hydrogen) atoms. The number of phosphoric acid groups is 1. The van der Waals surface area contributed by atoms with E-state index in [1.807, 2.05) is 13.8 Å². The first-order valence-corrected chi connectivity index (χ1v) is 8.92. The fourth-order valence-corrected chi connectivity index (χ4v) is 3.32. The van der Waals surface area contributed by atoms with Crippen molar-refractivity contribution in [1.82, 2.24) is 4.90 Å². The Balaban J connectivity index is 2.27. The SMILES string of the molecule is CCCOP(=O)(OCCC)OCCN1CCCCC1. The summed E-state index contributed by atoms with van der Waals surface area (Å²) in [4.78, 5) is 2.34. The topological polar surface area (TPSA) is 48.0 Å². The van der Waals surface area contributed by atoms with Crippen molar-refractivity contribution in [1.29, 1.82) is 0 Å². The van der Waals surface area contributed by atoms with Crippen molar-refractivity contribution in [2.24, 2.45) is 0 Å². The molecule has 1 saturated heterocycles. The second kappa shape index (κ2) is 9.89. The minimum Gasteiger partial charge on any atom is -0.301 e. The Bertz CT molecular complexity index is 257. The van der Waals surface area contributed by atoms with Gasteiger partial charge in [0.2, 0.25) is 0 Å². The first-order chi connectivity index (χ1) is 9.20. The second-order valence-corrected chi connectivity index (χ2v) is 6.52. The third-order valence-electron chi connectivity index (χ3n) is 3.01. The van der Waals surface area contributed by atoms with Crippen LogP contribution in [0, 0.1) is 0 Å². The molecular weight excluding hydrogens is 265 g/mol. The van der Waals surface area contributed by atoms with Gasteiger partial charge in [0.05, 0.1) is 19.8 Å². The van der Waals surface area contributed by atoms with E-state index in [0.29, 0.717) is 19.8 Å². The number of nitrogens with zero attached hydrogens (tertiary/aromatic N) is 1. The van der Waals surface area contributed by atoms with Gasteiger partial charge in [-0.2, -0.15) is 0 Å². The van der Waals surface area contributed by atoms with Crippen LogP contribution in [0.2, 0.25) is 0 Å². The zero-order valence-electron chi connectivity index (χ0n) is 12.3. The van der Waals surface area contributed by atoms with Crippen LogP contribution in [0.4, 0.5) is 0 Å². The summed E-state index contributed by atoms with van der Waals surface area (Å²) in [6, 6.07) is 0. The highest BCUT2D eigenvalue weighted by Gasteiger charge is 2.26. The highest BCUT2D eigenvalue weighted by Crippen LogP contribution is 2.49. The lowest BCUT2D eigenvalue weighted by molar-refractivity contribution is 0.0982. The predicted molar refractivity (Wildman–Crippen MR) is 76.3 cm³/mol. The predicted octanol–water partition coefficient (Wildman–Crippen LogP) is 3.45. The van der Waals surface area contributed by atoms with E-state index in [2.05, 4.69) is 4.90 Å². The number of hydrogen-bond acceptors (Lipinski definition) is 5. The first kappa shape index (κ1) is 17.1. The molecule has 0 atom stereocenters. The van der Waals surface area contributed by atoms with Crippen molar-refractivity contribution < 1.29 is 18.1 Å². The van der Waals surface area contributed by atoms with Gasteiger partial charge >= 0.3 is 7.82 Å². The molecule has 0 unspecified atom stereocenters. The summed E-state index contributed by atoms with van der Waals surface area (Å²) >= 11 is 0. The molecule has 6 heteroatoms. The molecule has 1 rings (SSSR count). The van der Waals surface area contributed by atoms with E-state index in [1.54, 1.807) is 0 Å². The Morgan fingerprint density at radius 2 is 1.42 bits per heavy atom. The Hall–Kier alpha value is 0.0700. The molecule has 0 amide bonds. The number of likely N-dealkylation sites (tertiary alicyclic amines) is 1. The third-order valence-corrected chi connectivity index (χ3v) is 4.51. The van der Waals surface area contributed by atoms with Gasteiger partial charge in [0, 0.05) is 6.54 Å². The van der Waals surface area contributed by atoms with Crippen LogP contribution in [0.3, 0.4) is 0 Å². The van der Waals surface area contributed by atoms with Crippen molar-refractivity contribution >= 4 is 7.82 Å². The zero-order chi connectivity index (χ0) is 14.0. The molecular formula is C13H28NO4P. The van der Waals surface area contributed by atoms with Crippen LogP contribution in [-0.2, 0) is 18.1 Å². The highest BCUT2D eigenvalue weighted by atomic mass is 31.2. The van der Waals surface area contributed by atoms with Crippen molar-refractivity contribution in [3.63, 3.8) is 0 Å². The van der Waals surface area contributed by atoms with E-state index in [1.165, 1.54) is 19.3 Å². The maximum atomic E-state index is 12.3. The molecule has 0 aliphatic carbocycles. The van der Waals surface area contributed by atoms with Crippen LogP contribution in [0.5, 0.6) is 0 Å². The van der Waals surface area contributed by atoms with Crippen molar-refractivity contribution in [2.75, 3.05) is 39.5 Å². The van der Waals surface area contributed by atoms with Gasteiger partial charge in [-0.05, 0) is 38.8 Å². The van der Waals surface area contributed by atoms with Gasteiger partial charge in [-0.15, -0.1) is 0 Å². The molecule has 0 bridgehead atoms. The van der Waals surface area contributed by atoms with Gasteiger partial charge in [0.1, 0.15) is 0 Å². The molecule has 0 aromatic heterocycles. The molecule has 0 aromatic rings. The van der Waals surface area contributed by atoms with Crippen LogP contribution in [-0.4, -0.2) is 44.4 Å². The fraction of sp³-hybridized carbons (Fsp3) is 1.00. The highest BCUT2D eigenvalue weighted by molar-refractivity contribution is 7.48. The monoisotopic (exact) mass is 293 g/mol. The van der Waals surface area contributed by atoms with Gasteiger partial charge in [-0.1, -0.05) is 20.3 Å². The Labute approximate surface area is 117 Å². The Kier molecular flexibility index (Phi) is 8.92. The summed E-state index contributed by atoms with van der Waals surface area (Å²) in [6.45, 7) is 8.18. The maximum absolute atomic E-state index is 12.3. The van der Waals surface area contributed by atoms with E-state index in [4.69, 9.17) is 13.6 Å². The average Bonchev–Trinajstić information content (AvgIpc) is 2.44. The standard InChI is InChI=1S/C13H28NO4P/c1-3-11-16-19(15,17-12-4-2)18-13-10-14-8-6-5-7-9-14/h3-13H2,1-2H3. The quantitative estimate of drug-likeness (QED) is 0.577.